The topological polar surface area (TPSA) is 63.4 Å². The highest BCUT2D eigenvalue weighted by molar-refractivity contribution is 7.89. The van der Waals surface area contributed by atoms with E-state index in [1.807, 2.05) is 12.1 Å². The third kappa shape index (κ3) is 3.06. The van der Waals surface area contributed by atoms with Crippen molar-refractivity contribution in [1.29, 1.82) is 0 Å². The molecule has 1 aromatic carbocycles. The van der Waals surface area contributed by atoms with Crippen molar-refractivity contribution < 1.29 is 8.42 Å². The Morgan fingerprint density at radius 2 is 1.94 bits per heavy atom. The molecule has 0 aliphatic carbocycles. The second-order valence-electron chi connectivity index (χ2n) is 4.63. The summed E-state index contributed by atoms with van der Waals surface area (Å²) in [5.74, 6) is 0. The van der Waals surface area contributed by atoms with E-state index in [0.29, 0.717) is 0 Å². The molecule has 17 heavy (non-hydrogen) atoms. The molecule has 1 saturated heterocycles. The molecule has 0 saturated carbocycles. The summed E-state index contributed by atoms with van der Waals surface area (Å²) in [5.41, 5.74) is 1.88. The Bertz CT molecular complexity index is 505. The van der Waals surface area contributed by atoms with E-state index in [9.17, 15) is 8.42 Å². The van der Waals surface area contributed by atoms with Gasteiger partial charge in [0.05, 0.1) is 4.90 Å². The van der Waals surface area contributed by atoms with Gasteiger partial charge in [0.2, 0.25) is 10.0 Å². The molecule has 1 aliphatic rings. The summed E-state index contributed by atoms with van der Waals surface area (Å²) in [6.45, 7) is 4.95. The maximum absolute atomic E-state index is 11.3. The maximum atomic E-state index is 11.3. The Balaban J connectivity index is 2.19. The maximum Gasteiger partial charge on any atom is 0.238 e. The third-order valence-electron chi connectivity index (χ3n) is 3.15. The molecule has 5 heteroatoms. The van der Waals surface area contributed by atoms with Crippen LogP contribution in [0.15, 0.2) is 23.1 Å². The van der Waals surface area contributed by atoms with Gasteiger partial charge in [-0.2, -0.15) is 0 Å². The number of benzene rings is 1. The minimum Gasteiger partial charge on any atom is -0.299 e. The molecular formula is C12H18N2O2S. The van der Waals surface area contributed by atoms with E-state index < -0.39 is 10.0 Å². The average molecular weight is 254 g/mol. The van der Waals surface area contributed by atoms with Crippen LogP contribution in [0.25, 0.3) is 0 Å². The second kappa shape index (κ2) is 4.76. The largest absolute Gasteiger partial charge is 0.299 e. The van der Waals surface area contributed by atoms with E-state index in [1.54, 1.807) is 13.0 Å². The van der Waals surface area contributed by atoms with Crippen molar-refractivity contribution in [2.24, 2.45) is 5.14 Å². The first kappa shape index (κ1) is 12.5. The third-order valence-corrected chi connectivity index (χ3v) is 4.22. The lowest BCUT2D eigenvalue weighted by Gasteiger charge is -2.15. The van der Waals surface area contributed by atoms with E-state index in [-0.39, 0.29) is 4.90 Å². The van der Waals surface area contributed by atoms with Crippen LogP contribution in [0.1, 0.15) is 24.0 Å². The molecule has 1 heterocycles. The number of likely N-dealkylation sites (tertiary alicyclic amines) is 1. The molecule has 0 aromatic heterocycles. The first-order valence-electron chi connectivity index (χ1n) is 5.81. The van der Waals surface area contributed by atoms with Crippen molar-refractivity contribution in [3.63, 3.8) is 0 Å². The smallest absolute Gasteiger partial charge is 0.238 e. The summed E-state index contributed by atoms with van der Waals surface area (Å²) in [6.07, 6.45) is 2.52. The molecule has 1 aromatic rings. The zero-order valence-corrected chi connectivity index (χ0v) is 10.8. The van der Waals surface area contributed by atoms with Crippen LogP contribution in [0.3, 0.4) is 0 Å². The van der Waals surface area contributed by atoms with Crippen molar-refractivity contribution in [2.75, 3.05) is 13.1 Å². The highest BCUT2D eigenvalue weighted by atomic mass is 32.2. The van der Waals surface area contributed by atoms with Crippen LogP contribution in [0.5, 0.6) is 0 Å². The van der Waals surface area contributed by atoms with E-state index in [0.717, 1.165) is 30.8 Å². The summed E-state index contributed by atoms with van der Waals surface area (Å²) >= 11 is 0. The van der Waals surface area contributed by atoms with Gasteiger partial charge >= 0.3 is 0 Å². The van der Waals surface area contributed by atoms with Crippen molar-refractivity contribution in [3.05, 3.63) is 29.3 Å². The average Bonchev–Trinajstić information content (AvgIpc) is 2.68. The fraction of sp³-hybridized carbons (Fsp3) is 0.500. The van der Waals surface area contributed by atoms with Crippen LogP contribution in [0.4, 0.5) is 0 Å². The molecule has 0 spiro atoms. The molecule has 4 nitrogen and oxygen atoms in total. The lowest BCUT2D eigenvalue weighted by molar-refractivity contribution is 0.331. The standard InChI is InChI=1S/C12H18N2O2S/c1-10-8-11(9-14-6-2-3-7-14)4-5-12(10)17(13,15)16/h4-5,8H,2-3,6-7,9H2,1H3,(H2,13,15,16). The van der Waals surface area contributed by atoms with Crippen LogP contribution in [0, 0.1) is 6.92 Å². The molecule has 0 amide bonds. The monoisotopic (exact) mass is 254 g/mol. The van der Waals surface area contributed by atoms with Gasteiger partial charge in [-0.3, -0.25) is 4.90 Å². The highest BCUT2D eigenvalue weighted by Crippen LogP contribution is 2.18. The summed E-state index contributed by atoms with van der Waals surface area (Å²) in [7, 11) is -3.59. The molecule has 0 atom stereocenters. The fourth-order valence-electron chi connectivity index (χ4n) is 2.33. The van der Waals surface area contributed by atoms with Crippen LogP contribution in [0.2, 0.25) is 0 Å². The van der Waals surface area contributed by atoms with Crippen LogP contribution >= 0.6 is 0 Å². The molecule has 0 radical (unpaired) electrons. The zero-order valence-electron chi connectivity index (χ0n) is 10.0. The Morgan fingerprint density at radius 3 is 2.47 bits per heavy atom. The number of nitrogens with two attached hydrogens (primary N) is 1. The predicted octanol–water partition coefficient (Wildman–Crippen LogP) is 1.24. The molecular weight excluding hydrogens is 236 g/mol. The van der Waals surface area contributed by atoms with Gasteiger partial charge in [0, 0.05) is 6.54 Å². The van der Waals surface area contributed by atoms with Crippen LogP contribution in [-0.4, -0.2) is 26.4 Å². The van der Waals surface area contributed by atoms with Gasteiger partial charge in [0.15, 0.2) is 0 Å². The van der Waals surface area contributed by atoms with Crippen molar-refractivity contribution in [2.45, 2.75) is 31.2 Å². The Kier molecular flexibility index (Phi) is 3.51. The molecule has 1 aliphatic heterocycles. The number of sulfonamides is 1. The number of rotatable bonds is 3. The highest BCUT2D eigenvalue weighted by Gasteiger charge is 2.14. The zero-order chi connectivity index (χ0) is 12.5. The second-order valence-corrected chi connectivity index (χ2v) is 6.16. The van der Waals surface area contributed by atoms with Gasteiger partial charge < -0.3 is 0 Å². The SMILES string of the molecule is Cc1cc(CN2CCCC2)ccc1S(N)(=O)=O. The normalized spacial score (nSPS) is 17.5. The molecule has 2 rings (SSSR count). The molecule has 0 bridgehead atoms. The first-order valence-corrected chi connectivity index (χ1v) is 7.36. The number of hydrogen-bond donors (Lipinski definition) is 1. The van der Waals surface area contributed by atoms with Gasteiger partial charge in [-0.1, -0.05) is 12.1 Å². The lowest BCUT2D eigenvalue weighted by Crippen LogP contribution is -2.19. The first-order chi connectivity index (χ1) is 7.97. The van der Waals surface area contributed by atoms with Crippen molar-refractivity contribution in [1.82, 2.24) is 4.90 Å². The number of nitrogens with zero attached hydrogens (tertiary/aromatic N) is 1. The lowest BCUT2D eigenvalue weighted by atomic mass is 10.1. The molecule has 0 unspecified atom stereocenters. The van der Waals surface area contributed by atoms with Crippen molar-refractivity contribution in [3.8, 4) is 0 Å². The summed E-state index contributed by atoms with van der Waals surface area (Å²) in [4.78, 5) is 2.61. The van der Waals surface area contributed by atoms with Gasteiger partial charge in [-0.05, 0) is 50.0 Å². The Labute approximate surface area is 102 Å². The summed E-state index contributed by atoms with van der Waals surface area (Å²) in [6, 6.07) is 5.37. The predicted molar refractivity (Wildman–Crippen MR) is 67.1 cm³/mol. The van der Waals surface area contributed by atoms with Crippen molar-refractivity contribution >= 4 is 10.0 Å². The summed E-state index contributed by atoms with van der Waals surface area (Å²) < 4.78 is 22.6. The van der Waals surface area contributed by atoms with Crippen LogP contribution in [-0.2, 0) is 16.6 Å². The number of primary sulfonamides is 1. The van der Waals surface area contributed by atoms with Gasteiger partial charge in [-0.25, -0.2) is 13.6 Å². The van der Waals surface area contributed by atoms with Gasteiger partial charge in [0.25, 0.3) is 0 Å². The van der Waals surface area contributed by atoms with Crippen LogP contribution < -0.4 is 5.14 Å². The van der Waals surface area contributed by atoms with E-state index in [1.165, 1.54) is 12.8 Å². The van der Waals surface area contributed by atoms with E-state index in [2.05, 4.69) is 4.90 Å². The van der Waals surface area contributed by atoms with Gasteiger partial charge in [-0.15, -0.1) is 0 Å². The quantitative estimate of drug-likeness (QED) is 0.882. The van der Waals surface area contributed by atoms with E-state index in [4.69, 9.17) is 5.14 Å². The molecule has 1 fully saturated rings. The summed E-state index contributed by atoms with van der Waals surface area (Å²) in [5, 5.41) is 5.13. The minimum absolute atomic E-state index is 0.225. The van der Waals surface area contributed by atoms with E-state index >= 15 is 0 Å². The Hall–Kier alpha value is -0.910. The molecule has 2 N–H and O–H groups in total. The minimum atomic E-state index is -3.59. The molecule has 94 valence electrons. The fourth-order valence-corrected chi connectivity index (χ4v) is 3.09. The Morgan fingerprint density at radius 1 is 1.29 bits per heavy atom. The van der Waals surface area contributed by atoms with Gasteiger partial charge in [0.1, 0.15) is 0 Å². The number of aryl methyl sites for hydroxylation is 1. The number of hydrogen-bond acceptors (Lipinski definition) is 3.